The van der Waals surface area contributed by atoms with Gasteiger partial charge in [0.15, 0.2) is 0 Å². The molecule has 1 aromatic carbocycles. The highest BCUT2D eigenvalue weighted by Gasteiger charge is 2.11. The quantitative estimate of drug-likeness (QED) is 0.806. The number of hydrogen-bond acceptors (Lipinski definition) is 2. The van der Waals surface area contributed by atoms with Crippen molar-refractivity contribution in [3.63, 3.8) is 0 Å². The zero-order chi connectivity index (χ0) is 15.4. The predicted octanol–water partition coefficient (Wildman–Crippen LogP) is 3.23. The van der Waals surface area contributed by atoms with E-state index in [2.05, 4.69) is 15.6 Å². The number of benzene rings is 1. The van der Waals surface area contributed by atoms with E-state index in [1.54, 1.807) is 25.3 Å². The number of H-pyrrole nitrogens is 1. The largest absolute Gasteiger partial charge is 0.365 e. The number of carbonyl (C=O) groups is 2. The topological polar surface area (TPSA) is 74.0 Å². The summed E-state index contributed by atoms with van der Waals surface area (Å²) in [5.41, 5.74) is 3.73. The van der Waals surface area contributed by atoms with Gasteiger partial charge in [-0.15, -0.1) is 0 Å². The summed E-state index contributed by atoms with van der Waals surface area (Å²) in [4.78, 5) is 26.6. The van der Waals surface area contributed by atoms with Gasteiger partial charge in [-0.2, -0.15) is 0 Å². The maximum Gasteiger partial charge on any atom is 0.257 e. The van der Waals surface area contributed by atoms with Gasteiger partial charge < -0.3 is 15.6 Å². The lowest BCUT2D eigenvalue weighted by Gasteiger charge is -2.11. The SMILES string of the molecule is CCC(=O)Nc1ccc(C)c(NC(=O)c2cc[nH]c2C)c1. The highest BCUT2D eigenvalue weighted by Crippen LogP contribution is 2.21. The lowest BCUT2D eigenvalue weighted by Crippen LogP contribution is -2.14. The van der Waals surface area contributed by atoms with E-state index in [4.69, 9.17) is 0 Å². The molecule has 0 aliphatic carbocycles. The van der Waals surface area contributed by atoms with Crippen LogP contribution in [0.15, 0.2) is 30.5 Å². The first-order valence-electron chi connectivity index (χ1n) is 6.87. The molecule has 3 N–H and O–H groups in total. The number of aromatic amines is 1. The molecule has 2 amide bonds. The second-order valence-electron chi connectivity index (χ2n) is 4.90. The van der Waals surface area contributed by atoms with Crippen LogP contribution in [0.4, 0.5) is 11.4 Å². The van der Waals surface area contributed by atoms with Gasteiger partial charge >= 0.3 is 0 Å². The smallest absolute Gasteiger partial charge is 0.257 e. The summed E-state index contributed by atoms with van der Waals surface area (Å²) >= 11 is 0. The minimum absolute atomic E-state index is 0.0578. The second-order valence-corrected chi connectivity index (χ2v) is 4.90. The van der Waals surface area contributed by atoms with E-state index < -0.39 is 0 Å². The predicted molar refractivity (Wildman–Crippen MR) is 83.6 cm³/mol. The van der Waals surface area contributed by atoms with Gasteiger partial charge in [0.05, 0.1) is 5.56 Å². The monoisotopic (exact) mass is 285 g/mol. The van der Waals surface area contributed by atoms with Crippen LogP contribution in [0.5, 0.6) is 0 Å². The van der Waals surface area contributed by atoms with Gasteiger partial charge in [-0.3, -0.25) is 9.59 Å². The number of carbonyl (C=O) groups excluding carboxylic acids is 2. The van der Waals surface area contributed by atoms with E-state index in [0.717, 1.165) is 11.3 Å². The Labute approximate surface area is 123 Å². The molecular weight excluding hydrogens is 266 g/mol. The molecule has 1 heterocycles. The molecule has 0 saturated heterocycles. The van der Waals surface area contributed by atoms with Gasteiger partial charge in [0.2, 0.25) is 5.91 Å². The van der Waals surface area contributed by atoms with Crippen molar-refractivity contribution < 1.29 is 9.59 Å². The van der Waals surface area contributed by atoms with Crippen LogP contribution in [-0.2, 0) is 4.79 Å². The summed E-state index contributed by atoms with van der Waals surface area (Å²) in [5.74, 6) is -0.228. The maximum atomic E-state index is 12.2. The van der Waals surface area contributed by atoms with Crippen molar-refractivity contribution in [3.8, 4) is 0 Å². The molecule has 0 aliphatic rings. The zero-order valence-electron chi connectivity index (χ0n) is 12.4. The minimum Gasteiger partial charge on any atom is -0.365 e. The molecule has 2 aromatic rings. The highest BCUT2D eigenvalue weighted by atomic mass is 16.2. The fourth-order valence-corrected chi connectivity index (χ4v) is 1.97. The molecule has 0 unspecified atom stereocenters. The van der Waals surface area contributed by atoms with E-state index in [1.165, 1.54) is 0 Å². The molecule has 0 aliphatic heterocycles. The first-order chi connectivity index (χ1) is 10.0. The summed E-state index contributed by atoms with van der Waals surface area (Å²) < 4.78 is 0. The van der Waals surface area contributed by atoms with Gasteiger partial charge in [0.25, 0.3) is 5.91 Å². The van der Waals surface area contributed by atoms with Crippen LogP contribution in [0.2, 0.25) is 0 Å². The average molecular weight is 285 g/mol. The summed E-state index contributed by atoms with van der Waals surface area (Å²) in [6.45, 7) is 5.55. The van der Waals surface area contributed by atoms with E-state index in [0.29, 0.717) is 23.4 Å². The lowest BCUT2D eigenvalue weighted by atomic mass is 10.1. The van der Waals surface area contributed by atoms with E-state index in [-0.39, 0.29) is 11.8 Å². The maximum absolute atomic E-state index is 12.2. The molecule has 0 spiro atoms. The molecule has 21 heavy (non-hydrogen) atoms. The van der Waals surface area contributed by atoms with Gasteiger partial charge in [-0.25, -0.2) is 0 Å². The molecule has 0 saturated carbocycles. The summed E-state index contributed by atoms with van der Waals surface area (Å²) in [7, 11) is 0. The van der Waals surface area contributed by atoms with Crippen molar-refractivity contribution in [1.82, 2.24) is 4.98 Å². The molecule has 1 aromatic heterocycles. The number of rotatable bonds is 4. The lowest BCUT2D eigenvalue weighted by molar-refractivity contribution is -0.115. The fourth-order valence-electron chi connectivity index (χ4n) is 1.97. The Bertz CT molecular complexity index is 674. The van der Waals surface area contributed by atoms with Crippen molar-refractivity contribution in [2.75, 3.05) is 10.6 Å². The summed E-state index contributed by atoms with van der Waals surface area (Å²) in [6.07, 6.45) is 2.15. The Hall–Kier alpha value is -2.56. The zero-order valence-corrected chi connectivity index (χ0v) is 12.4. The van der Waals surface area contributed by atoms with E-state index in [9.17, 15) is 9.59 Å². The van der Waals surface area contributed by atoms with Gasteiger partial charge in [-0.05, 0) is 37.6 Å². The highest BCUT2D eigenvalue weighted by molar-refractivity contribution is 6.05. The first-order valence-corrected chi connectivity index (χ1v) is 6.87. The van der Waals surface area contributed by atoms with Crippen LogP contribution in [-0.4, -0.2) is 16.8 Å². The molecule has 110 valence electrons. The van der Waals surface area contributed by atoms with Crippen LogP contribution in [0.3, 0.4) is 0 Å². The third-order valence-electron chi connectivity index (χ3n) is 3.29. The van der Waals surface area contributed by atoms with Gasteiger partial charge in [0, 0.05) is 29.7 Å². The van der Waals surface area contributed by atoms with Crippen LogP contribution >= 0.6 is 0 Å². The molecule has 0 bridgehead atoms. The van der Waals surface area contributed by atoms with Crippen LogP contribution < -0.4 is 10.6 Å². The van der Waals surface area contributed by atoms with Crippen LogP contribution in [0, 0.1) is 13.8 Å². The van der Waals surface area contributed by atoms with Crippen molar-refractivity contribution >= 4 is 23.2 Å². The molecule has 0 fully saturated rings. The molecular formula is C16H19N3O2. The Morgan fingerprint density at radius 1 is 1.14 bits per heavy atom. The molecule has 5 heteroatoms. The third kappa shape index (κ3) is 3.51. The van der Waals surface area contributed by atoms with Crippen LogP contribution in [0.1, 0.15) is 35.0 Å². The third-order valence-corrected chi connectivity index (χ3v) is 3.29. The Morgan fingerprint density at radius 3 is 2.52 bits per heavy atom. The number of amides is 2. The number of anilines is 2. The number of aromatic nitrogens is 1. The standard InChI is InChI=1S/C16H19N3O2/c1-4-15(20)18-12-6-5-10(2)14(9-12)19-16(21)13-7-8-17-11(13)3/h5-9,17H,4H2,1-3H3,(H,18,20)(H,19,21). The number of aryl methyl sites for hydroxylation is 2. The molecule has 2 rings (SSSR count). The summed E-state index contributed by atoms with van der Waals surface area (Å²) in [6, 6.07) is 7.19. The van der Waals surface area contributed by atoms with Gasteiger partial charge in [0.1, 0.15) is 0 Å². The van der Waals surface area contributed by atoms with E-state index >= 15 is 0 Å². The average Bonchev–Trinajstić information content (AvgIpc) is 2.88. The Balaban J connectivity index is 2.19. The Kier molecular flexibility index (Phi) is 4.42. The van der Waals surface area contributed by atoms with Crippen molar-refractivity contribution in [2.24, 2.45) is 0 Å². The van der Waals surface area contributed by atoms with Gasteiger partial charge in [-0.1, -0.05) is 13.0 Å². The number of nitrogens with one attached hydrogen (secondary N) is 3. The minimum atomic E-state index is -0.171. The second kappa shape index (κ2) is 6.26. The van der Waals surface area contributed by atoms with Crippen molar-refractivity contribution in [2.45, 2.75) is 27.2 Å². The van der Waals surface area contributed by atoms with Crippen LogP contribution in [0.25, 0.3) is 0 Å². The van der Waals surface area contributed by atoms with Crippen molar-refractivity contribution in [1.29, 1.82) is 0 Å². The van der Waals surface area contributed by atoms with E-state index in [1.807, 2.05) is 26.0 Å². The van der Waals surface area contributed by atoms with Crippen molar-refractivity contribution in [3.05, 3.63) is 47.3 Å². The fraction of sp³-hybridized carbons (Fsp3) is 0.250. The first kappa shape index (κ1) is 14.8. The normalized spacial score (nSPS) is 10.2. The number of hydrogen-bond donors (Lipinski definition) is 3. The molecule has 0 atom stereocenters. The molecule has 5 nitrogen and oxygen atoms in total. The molecule has 0 radical (unpaired) electrons. The summed E-state index contributed by atoms with van der Waals surface area (Å²) in [5, 5.41) is 5.66. The Morgan fingerprint density at radius 2 is 1.90 bits per heavy atom.